The Kier molecular flexibility index (Phi) is 5.49. The van der Waals surface area contributed by atoms with E-state index in [4.69, 9.17) is 0 Å². The van der Waals surface area contributed by atoms with Gasteiger partial charge in [0.2, 0.25) is 0 Å². The van der Waals surface area contributed by atoms with Crippen LogP contribution in [0.4, 0.5) is 18.9 Å². The lowest BCUT2D eigenvalue weighted by molar-refractivity contribution is -0.274. The van der Waals surface area contributed by atoms with Crippen LogP contribution in [0.2, 0.25) is 0 Å². The molecule has 160 valence electrons. The summed E-state index contributed by atoms with van der Waals surface area (Å²) in [6.07, 6.45) is 0.759. The van der Waals surface area contributed by atoms with Crippen molar-refractivity contribution in [3.05, 3.63) is 48.0 Å². The van der Waals surface area contributed by atoms with Crippen LogP contribution in [-0.4, -0.2) is 24.6 Å². The van der Waals surface area contributed by atoms with Gasteiger partial charge in [-0.25, -0.2) is 8.42 Å². The monoisotopic (exact) mass is 457 g/mol. The van der Waals surface area contributed by atoms with Gasteiger partial charge in [0.1, 0.15) is 16.3 Å². The largest absolute Gasteiger partial charge is 0.573 e. The first-order valence-corrected chi connectivity index (χ1v) is 11.6. The van der Waals surface area contributed by atoms with Gasteiger partial charge in [-0.15, -0.1) is 24.5 Å². The summed E-state index contributed by atoms with van der Waals surface area (Å²) in [5.74, 6) is -0.432. The lowest BCUT2D eigenvalue weighted by Crippen LogP contribution is -2.17. The molecule has 6 nitrogen and oxygen atoms in total. The SMILES string of the molecule is O=S(=O)(Nc1ccc(OC(F)(F)F)cc1)c1cn(C2CCCC2)nc1-c1cccs1. The summed E-state index contributed by atoms with van der Waals surface area (Å²) < 4.78 is 71.0. The van der Waals surface area contributed by atoms with Crippen molar-refractivity contribution in [2.24, 2.45) is 0 Å². The minimum absolute atomic E-state index is 0.0347. The predicted molar refractivity (Wildman–Crippen MR) is 107 cm³/mol. The zero-order chi connectivity index (χ0) is 21.4. The fourth-order valence-electron chi connectivity index (χ4n) is 3.45. The summed E-state index contributed by atoms with van der Waals surface area (Å²) in [5, 5.41) is 6.40. The van der Waals surface area contributed by atoms with Gasteiger partial charge in [-0.1, -0.05) is 18.9 Å². The molecule has 0 saturated heterocycles. The Morgan fingerprint density at radius 2 is 1.83 bits per heavy atom. The van der Waals surface area contributed by atoms with Crippen molar-refractivity contribution in [1.82, 2.24) is 9.78 Å². The number of sulfonamides is 1. The number of hydrogen-bond donors (Lipinski definition) is 1. The number of hydrogen-bond acceptors (Lipinski definition) is 5. The van der Waals surface area contributed by atoms with E-state index < -0.39 is 22.1 Å². The molecule has 4 rings (SSSR count). The molecule has 1 aliphatic rings. The van der Waals surface area contributed by atoms with Crippen LogP contribution in [-0.2, 0) is 10.0 Å². The van der Waals surface area contributed by atoms with E-state index in [9.17, 15) is 21.6 Å². The number of ether oxygens (including phenoxy) is 1. The van der Waals surface area contributed by atoms with Crippen LogP contribution >= 0.6 is 11.3 Å². The Morgan fingerprint density at radius 1 is 1.13 bits per heavy atom. The van der Waals surface area contributed by atoms with Crippen molar-refractivity contribution in [3.63, 3.8) is 0 Å². The maximum absolute atomic E-state index is 13.1. The van der Waals surface area contributed by atoms with E-state index in [1.54, 1.807) is 10.7 Å². The number of nitrogens with one attached hydrogen (secondary N) is 1. The van der Waals surface area contributed by atoms with Gasteiger partial charge in [-0.2, -0.15) is 5.10 Å². The Balaban J connectivity index is 1.63. The smallest absolute Gasteiger partial charge is 0.406 e. The summed E-state index contributed by atoms with van der Waals surface area (Å²) in [4.78, 5) is 0.758. The molecule has 11 heteroatoms. The van der Waals surface area contributed by atoms with Gasteiger partial charge in [0, 0.05) is 11.9 Å². The van der Waals surface area contributed by atoms with Crippen molar-refractivity contribution in [1.29, 1.82) is 0 Å². The van der Waals surface area contributed by atoms with Gasteiger partial charge in [0.25, 0.3) is 10.0 Å². The molecule has 2 heterocycles. The summed E-state index contributed by atoms with van der Waals surface area (Å²) in [6, 6.07) is 8.30. The third kappa shape index (κ3) is 4.62. The molecule has 0 aliphatic heterocycles. The molecule has 1 aliphatic carbocycles. The topological polar surface area (TPSA) is 73.2 Å². The van der Waals surface area contributed by atoms with Crippen LogP contribution in [0.3, 0.4) is 0 Å². The van der Waals surface area contributed by atoms with E-state index >= 15 is 0 Å². The van der Waals surface area contributed by atoms with Crippen molar-refractivity contribution < 1.29 is 26.3 Å². The van der Waals surface area contributed by atoms with Crippen molar-refractivity contribution >= 4 is 27.0 Å². The molecule has 1 aromatic carbocycles. The maximum atomic E-state index is 13.1. The standard InChI is InChI=1S/C19H18F3N3O3S2/c20-19(21,22)28-15-9-7-13(8-10-15)24-30(26,27)17-12-25(14-4-1-2-5-14)23-18(17)16-6-3-11-29-16/h3,6-12,14,24H,1-2,4-5H2. The number of benzene rings is 1. The molecule has 2 aromatic heterocycles. The molecule has 0 atom stereocenters. The molecular formula is C19H18F3N3O3S2. The zero-order valence-corrected chi connectivity index (χ0v) is 17.2. The van der Waals surface area contributed by atoms with Gasteiger partial charge >= 0.3 is 6.36 Å². The fourth-order valence-corrected chi connectivity index (χ4v) is 5.44. The third-order valence-corrected chi connectivity index (χ3v) is 7.04. The summed E-state index contributed by atoms with van der Waals surface area (Å²) >= 11 is 1.38. The summed E-state index contributed by atoms with van der Waals surface area (Å²) in [6.45, 7) is 0. The summed E-state index contributed by atoms with van der Waals surface area (Å²) in [7, 11) is -4.02. The summed E-state index contributed by atoms with van der Waals surface area (Å²) in [5.41, 5.74) is 0.483. The van der Waals surface area contributed by atoms with E-state index in [1.807, 2.05) is 11.4 Å². The minimum atomic E-state index is -4.81. The Bertz CT molecular complexity index is 1100. The molecule has 1 N–H and O–H groups in total. The van der Waals surface area contributed by atoms with Gasteiger partial charge in [0.15, 0.2) is 0 Å². The first-order valence-electron chi connectivity index (χ1n) is 9.23. The average molecular weight is 457 g/mol. The van der Waals surface area contributed by atoms with Crippen LogP contribution in [0.5, 0.6) is 5.75 Å². The predicted octanol–water partition coefficient (Wildman–Crippen LogP) is 5.43. The number of anilines is 1. The first kappa shape index (κ1) is 20.7. The van der Waals surface area contributed by atoms with Crippen LogP contribution in [0, 0.1) is 0 Å². The number of halogens is 3. The fraction of sp³-hybridized carbons (Fsp3) is 0.316. The molecule has 3 aromatic rings. The van der Waals surface area contributed by atoms with E-state index in [2.05, 4.69) is 14.6 Å². The van der Waals surface area contributed by atoms with Gasteiger partial charge in [0.05, 0.1) is 10.9 Å². The number of thiophene rings is 1. The Morgan fingerprint density at radius 3 is 2.43 bits per heavy atom. The average Bonchev–Trinajstić information content (AvgIpc) is 3.42. The van der Waals surface area contributed by atoms with Gasteiger partial charge in [-0.3, -0.25) is 9.40 Å². The van der Waals surface area contributed by atoms with E-state index in [1.165, 1.54) is 29.7 Å². The van der Waals surface area contributed by atoms with E-state index in [-0.39, 0.29) is 16.6 Å². The molecule has 0 amide bonds. The second kappa shape index (κ2) is 7.95. The minimum Gasteiger partial charge on any atom is -0.406 e. The highest BCUT2D eigenvalue weighted by molar-refractivity contribution is 7.92. The molecule has 0 radical (unpaired) electrons. The first-order chi connectivity index (χ1) is 14.2. The number of alkyl halides is 3. The second-order valence-corrected chi connectivity index (χ2v) is 9.51. The molecule has 0 spiro atoms. The third-order valence-electron chi connectivity index (χ3n) is 4.78. The van der Waals surface area contributed by atoms with Crippen molar-refractivity contribution in [2.75, 3.05) is 4.72 Å². The lowest BCUT2D eigenvalue weighted by Gasteiger charge is -2.11. The maximum Gasteiger partial charge on any atom is 0.573 e. The molecule has 0 bridgehead atoms. The molecule has 1 fully saturated rings. The molecular weight excluding hydrogens is 439 g/mol. The highest BCUT2D eigenvalue weighted by atomic mass is 32.2. The van der Waals surface area contributed by atoms with Crippen molar-refractivity contribution in [3.8, 4) is 16.3 Å². The molecule has 0 unspecified atom stereocenters. The molecule has 1 saturated carbocycles. The second-order valence-electron chi connectivity index (χ2n) is 6.92. The quantitative estimate of drug-likeness (QED) is 0.536. The van der Waals surface area contributed by atoms with Crippen LogP contribution in [0.25, 0.3) is 10.6 Å². The highest BCUT2D eigenvalue weighted by Gasteiger charge is 2.31. The lowest BCUT2D eigenvalue weighted by atomic mass is 10.3. The van der Waals surface area contributed by atoms with Crippen molar-refractivity contribution in [2.45, 2.75) is 43.0 Å². The van der Waals surface area contributed by atoms with Gasteiger partial charge < -0.3 is 4.74 Å². The number of aromatic nitrogens is 2. The zero-order valence-electron chi connectivity index (χ0n) is 15.6. The normalized spacial score (nSPS) is 15.4. The highest BCUT2D eigenvalue weighted by Crippen LogP contribution is 2.35. The van der Waals surface area contributed by atoms with Crippen LogP contribution < -0.4 is 9.46 Å². The number of rotatable bonds is 6. The van der Waals surface area contributed by atoms with Crippen LogP contribution in [0.15, 0.2) is 52.9 Å². The van der Waals surface area contributed by atoms with E-state index in [0.717, 1.165) is 42.7 Å². The van der Waals surface area contributed by atoms with Gasteiger partial charge in [-0.05, 0) is 48.6 Å². The Labute approximate surface area is 175 Å². The number of nitrogens with zero attached hydrogens (tertiary/aromatic N) is 2. The van der Waals surface area contributed by atoms with E-state index in [0.29, 0.717) is 5.69 Å². The Hall–Kier alpha value is -2.53. The molecule has 30 heavy (non-hydrogen) atoms. The van der Waals surface area contributed by atoms with Crippen LogP contribution in [0.1, 0.15) is 31.7 Å².